The van der Waals surface area contributed by atoms with Gasteiger partial charge in [0.05, 0.1) is 17.5 Å². The van der Waals surface area contributed by atoms with E-state index in [1.54, 1.807) is 12.4 Å². The van der Waals surface area contributed by atoms with Crippen LogP contribution in [0.4, 0.5) is 0 Å². The van der Waals surface area contributed by atoms with Crippen LogP contribution in [0.5, 0.6) is 5.75 Å². The van der Waals surface area contributed by atoms with Crippen LogP contribution < -0.4 is 4.74 Å². The predicted molar refractivity (Wildman–Crippen MR) is 93.1 cm³/mol. The summed E-state index contributed by atoms with van der Waals surface area (Å²) in [5, 5.41) is 4.39. The number of carbonyl (C=O) groups excluding carboxylic acids is 1. The van der Waals surface area contributed by atoms with Crippen molar-refractivity contribution in [2.45, 2.75) is 46.1 Å². The van der Waals surface area contributed by atoms with Crippen molar-refractivity contribution in [1.29, 1.82) is 0 Å². The van der Waals surface area contributed by atoms with Gasteiger partial charge < -0.3 is 4.74 Å². The molecule has 0 bridgehead atoms. The average Bonchev–Trinajstić information content (AvgIpc) is 3.08. The van der Waals surface area contributed by atoms with E-state index in [9.17, 15) is 4.79 Å². The first-order valence-corrected chi connectivity index (χ1v) is 8.50. The number of rotatable bonds is 6. The molecule has 126 valence electrons. The summed E-state index contributed by atoms with van der Waals surface area (Å²) in [4.78, 5) is 15.4. The zero-order chi connectivity index (χ0) is 16.9. The highest BCUT2D eigenvalue weighted by Gasteiger charge is 2.18. The predicted octanol–water partition coefficient (Wildman–Crippen LogP) is 3.83. The second kappa shape index (κ2) is 7.43. The minimum atomic E-state index is 0.496. The van der Waals surface area contributed by atoms with E-state index in [1.807, 2.05) is 17.8 Å². The van der Waals surface area contributed by atoms with Crippen LogP contribution in [0.2, 0.25) is 0 Å². The number of allylic oxidation sites excluding steroid dienone is 1. The fraction of sp³-hybridized carbons (Fsp3) is 0.421. The van der Waals surface area contributed by atoms with Gasteiger partial charge in [0.1, 0.15) is 12.4 Å². The number of aryl methyl sites for hydroxylation is 2. The first-order chi connectivity index (χ1) is 11.7. The normalized spacial score (nSPS) is 14.8. The van der Waals surface area contributed by atoms with E-state index in [2.05, 4.69) is 23.1 Å². The molecular formula is C19H23N3O2. The molecule has 0 N–H and O–H groups in total. The van der Waals surface area contributed by atoms with Crippen molar-refractivity contribution in [2.75, 3.05) is 6.61 Å². The van der Waals surface area contributed by atoms with E-state index < -0.39 is 0 Å². The topological polar surface area (TPSA) is 57.0 Å². The van der Waals surface area contributed by atoms with Crippen LogP contribution in [-0.4, -0.2) is 27.7 Å². The third-order valence-electron chi connectivity index (χ3n) is 4.58. The molecule has 1 aliphatic rings. The lowest BCUT2D eigenvalue weighted by atomic mass is 9.90. The van der Waals surface area contributed by atoms with Crippen molar-refractivity contribution >= 4 is 11.9 Å². The SMILES string of the molecule is CCn1nccc1C1=C(COc2cncc(C)c2C=O)CCCC1. The smallest absolute Gasteiger partial charge is 0.154 e. The van der Waals surface area contributed by atoms with Gasteiger partial charge in [0.2, 0.25) is 0 Å². The van der Waals surface area contributed by atoms with Gasteiger partial charge in [0.25, 0.3) is 0 Å². The number of ether oxygens (including phenoxy) is 1. The molecule has 0 saturated carbocycles. The first kappa shape index (κ1) is 16.4. The lowest BCUT2D eigenvalue weighted by Gasteiger charge is -2.22. The number of carbonyl (C=O) groups is 1. The Morgan fingerprint density at radius 3 is 2.92 bits per heavy atom. The lowest BCUT2D eigenvalue weighted by molar-refractivity contribution is 0.111. The van der Waals surface area contributed by atoms with Crippen molar-refractivity contribution in [3.05, 3.63) is 47.1 Å². The molecule has 0 unspecified atom stereocenters. The summed E-state index contributed by atoms with van der Waals surface area (Å²) in [5.74, 6) is 0.562. The highest BCUT2D eigenvalue weighted by atomic mass is 16.5. The number of aromatic nitrogens is 3. The molecule has 0 fully saturated rings. The molecule has 0 aromatic carbocycles. The Morgan fingerprint density at radius 2 is 2.12 bits per heavy atom. The second-order valence-electron chi connectivity index (χ2n) is 6.10. The fourth-order valence-corrected chi connectivity index (χ4v) is 3.26. The van der Waals surface area contributed by atoms with E-state index in [0.717, 1.165) is 31.2 Å². The first-order valence-electron chi connectivity index (χ1n) is 8.50. The number of hydrogen-bond acceptors (Lipinski definition) is 4. The Kier molecular flexibility index (Phi) is 5.08. The molecule has 5 heteroatoms. The van der Waals surface area contributed by atoms with Crippen LogP contribution >= 0.6 is 0 Å². The third kappa shape index (κ3) is 3.25. The Bertz CT molecular complexity index is 762. The van der Waals surface area contributed by atoms with E-state index in [4.69, 9.17) is 4.74 Å². The van der Waals surface area contributed by atoms with Crippen LogP contribution in [0.1, 0.15) is 54.2 Å². The minimum absolute atomic E-state index is 0.496. The molecule has 0 atom stereocenters. The molecule has 3 rings (SSSR count). The number of nitrogens with zero attached hydrogens (tertiary/aromatic N) is 3. The van der Waals surface area contributed by atoms with Gasteiger partial charge in [-0.3, -0.25) is 14.5 Å². The van der Waals surface area contributed by atoms with Gasteiger partial charge in [-0.2, -0.15) is 5.10 Å². The molecule has 0 amide bonds. The maximum absolute atomic E-state index is 11.3. The molecule has 0 spiro atoms. The summed E-state index contributed by atoms with van der Waals surface area (Å²) in [6.07, 6.45) is 10.5. The van der Waals surface area contributed by atoms with Crippen LogP contribution in [0.3, 0.4) is 0 Å². The monoisotopic (exact) mass is 325 g/mol. The highest BCUT2D eigenvalue weighted by Crippen LogP contribution is 2.33. The van der Waals surface area contributed by atoms with Gasteiger partial charge in [-0.05, 0) is 62.3 Å². The maximum atomic E-state index is 11.3. The second-order valence-corrected chi connectivity index (χ2v) is 6.10. The third-order valence-corrected chi connectivity index (χ3v) is 4.58. The number of hydrogen-bond donors (Lipinski definition) is 0. The summed E-state index contributed by atoms with van der Waals surface area (Å²) < 4.78 is 8.00. The molecule has 5 nitrogen and oxygen atoms in total. The molecule has 1 aliphatic carbocycles. The summed E-state index contributed by atoms with van der Waals surface area (Å²) in [5.41, 5.74) is 5.25. The molecule has 0 radical (unpaired) electrons. The van der Waals surface area contributed by atoms with Crippen LogP contribution in [0, 0.1) is 6.92 Å². The lowest BCUT2D eigenvalue weighted by Crippen LogP contribution is -2.12. The standard InChI is InChI=1S/C19H23N3O2/c1-3-22-18(8-9-21-22)16-7-5-4-6-15(16)13-24-19-11-20-10-14(2)17(19)12-23/h8-12H,3-7,13H2,1-2H3. The van der Waals surface area contributed by atoms with Crippen molar-refractivity contribution in [2.24, 2.45) is 0 Å². The van der Waals surface area contributed by atoms with Gasteiger partial charge in [-0.25, -0.2) is 0 Å². The molecule has 0 aliphatic heterocycles. The largest absolute Gasteiger partial charge is 0.487 e. The Morgan fingerprint density at radius 1 is 1.29 bits per heavy atom. The molecule has 2 aromatic rings. The van der Waals surface area contributed by atoms with E-state index >= 15 is 0 Å². The van der Waals surface area contributed by atoms with E-state index in [1.165, 1.54) is 29.7 Å². The zero-order valence-corrected chi connectivity index (χ0v) is 14.3. The van der Waals surface area contributed by atoms with Gasteiger partial charge in [-0.15, -0.1) is 0 Å². The van der Waals surface area contributed by atoms with Crippen molar-refractivity contribution < 1.29 is 9.53 Å². The van der Waals surface area contributed by atoms with Crippen molar-refractivity contribution in [3.63, 3.8) is 0 Å². The Hall–Kier alpha value is -2.43. The maximum Gasteiger partial charge on any atom is 0.154 e. The van der Waals surface area contributed by atoms with Crippen LogP contribution in [0.25, 0.3) is 5.57 Å². The number of pyridine rings is 1. The van der Waals surface area contributed by atoms with Gasteiger partial charge >= 0.3 is 0 Å². The summed E-state index contributed by atoms with van der Waals surface area (Å²) >= 11 is 0. The summed E-state index contributed by atoms with van der Waals surface area (Å²) in [6.45, 7) is 5.33. The average molecular weight is 325 g/mol. The van der Waals surface area contributed by atoms with Crippen molar-refractivity contribution in [1.82, 2.24) is 14.8 Å². The minimum Gasteiger partial charge on any atom is -0.487 e. The Labute approximate surface area is 142 Å². The fourth-order valence-electron chi connectivity index (χ4n) is 3.26. The summed E-state index contributed by atoms with van der Waals surface area (Å²) in [7, 11) is 0. The molecule has 2 aromatic heterocycles. The van der Waals surface area contributed by atoms with E-state index in [0.29, 0.717) is 17.9 Å². The summed E-state index contributed by atoms with van der Waals surface area (Å²) in [6, 6.07) is 2.08. The highest BCUT2D eigenvalue weighted by molar-refractivity contribution is 5.81. The zero-order valence-electron chi connectivity index (χ0n) is 14.3. The van der Waals surface area contributed by atoms with Gasteiger partial charge in [-0.1, -0.05) is 0 Å². The molecule has 24 heavy (non-hydrogen) atoms. The van der Waals surface area contributed by atoms with E-state index in [-0.39, 0.29) is 0 Å². The number of aldehydes is 1. The van der Waals surface area contributed by atoms with Crippen molar-refractivity contribution in [3.8, 4) is 5.75 Å². The molecule has 0 saturated heterocycles. The van der Waals surface area contributed by atoms with Gasteiger partial charge in [0.15, 0.2) is 6.29 Å². The van der Waals surface area contributed by atoms with Gasteiger partial charge in [0, 0.05) is 18.9 Å². The molecular weight excluding hydrogens is 302 g/mol. The van der Waals surface area contributed by atoms with Crippen LogP contribution in [0.15, 0.2) is 30.2 Å². The quantitative estimate of drug-likeness (QED) is 0.758. The van der Waals surface area contributed by atoms with Crippen LogP contribution in [-0.2, 0) is 6.54 Å². The Balaban J connectivity index is 1.87. The molecule has 2 heterocycles.